The van der Waals surface area contributed by atoms with E-state index >= 15 is 0 Å². The highest BCUT2D eigenvalue weighted by Crippen LogP contribution is 2.43. The second-order valence-electron chi connectivity index (χ2n) is 6.05. The summed E-state index contributed by atoms with van der Waals surface area (Å²) in [6, 6.07) is 12.8. The topological polar surface area (TPSA) is 77.9 Å². The molecule has 1 atom stereocenters. The van der Waals surface area contributed by atoms with Crippen molar-refractivity contribution in [1.29, 1.82) is 0 Å². The largest absolute Gasteiger partial charge is 0.508 e. The molecule has 1 aromatic heterocycles. The van der Waals surface area contributed by atoms with Crippen molar-refractivity contribution in [2.24, 2.45) is 0 Å². The number of fused-ring (bicyclic) bond motifs is 2. The fourth-order valence-corrected chi connectivity index (χ4v) is 3.19. The van der Waals surface area contributed by atoms with E-state index in [0.29, 0.717) is 17.1 Å². The van der Waals surface area contributed by atoms with Crippen molar-refractivity contribution < 1.29 is 24.1 Å². The van der Waals surface area contributed by atoms with Gasteiger partial charge in [0.25, 0.3) is 0 Å². The first kappa shape index (κ1) is 16.2. The summed E-state index contributed by atoms with van der Waals surface area (Å²) in [6.45, 7) is 0.113. The van der Waals surface area contributed by atoms with Crippen molar-refractivity contribution in [2.75, 3.05) is 13.9 Å². The first-order chi connectivity index (χ1) is 12.7. The number of nitrogens with zero attached hydrogens (tertiary/aromatic N) is 1. The van der Waals surface area contributed by atoms with Crippen molar-refractivity contribution in [1.82, 2.24) is 4.98 Å². The Bertz CT molecular complexity index is 985. The molecule has 0 saturated carbocycles. The maximum Gasteiger partial charge on any atom is 0.306 e. The van der Waals surface area contributed by atoms with E-state index in [1.54, 1.807) is 12.3 Å². The van der Waals surface area contributed by atoms with Crippen molar-refractivity contribution >= 4 is 16.9 Å². The molecular formula is C20H17NO5. The van der Waals surface area contributed by atoms with Gasteiger partial charge in [0.1, 0.15) is 5.75 Å². The van der Waals surface area contributed by atoms with Gasteiger partial charge in [0, 0.05) is 29.1 Å². The average molecular weight is 351 g/mol. The molecule has 0 saturated heterocycles. The van der Waals surface area contributed by atoms with E-state index in [9.17, 15) is 9.90 Å². The van der Waals surface area contributed by atoms with Gasteiger partial charge in [0.05, 0.1) is 19.0 Å². The van der Waals surface area contributed by atoms with Gasteiger partial charge in [-0.05, 0) is 29.8 Å². The minimum absolute atomic E-state index is 0.0504. The molecule has 0 spiro atoms. The number of hydrogen-bond donors (Lipinski definition) is 1. The van der Waals surface area contributed by atoms with Gasteiger partial charge in [-0.15, -0.1) is 0 Å². The molecule has 132 valence electrons. The number of pyridine rings is 1. The SMILES string of the molecule is COC(=O)C[C@H](c1ccc2ncccc2c1)c1cc2c(cc1O)OCO2. The fraction of sp³-hybridized carbons (Fsp3) is 0.200. The predicted molar refractivity (Wildman–Crippen MR) is 94.4 cm³/mol. The van der Waals surface area contributed by atoms with Crippen LogP contribution in [0.4, 0.5) is 0 Å². The lowest BCUT2D eigenvalue weighted by Gasteiger charge is -2.19. The van der Waals surface area contributed by atoms with Gasteiger partial charge < -0.3 is 19.3 Å². The summed E-state index contributed by atoms with van der Waals surface area (Å²) in [4.78, 5) is 16.3. The standard InChI is InChI=1S/C20H17NO5/c1-24-20(23)9-14(12-4-5-16-13(7-12)3-2-6-21-16)15-8-18-19(10-17(15)22)26-11-25-18/h2-8,10,14,22H,9,11H2,1H3/t14-/m1/s1. The normalized spacial score (nSPS) is 13.6. The monoisotopic (exact) mass is 351 g/mol. The number of benzene rings is 2. The van der Waals surface area contributed by atoms with Crippen LogP contribution in [0, 0.1) is 0 Å². The maximum absolute atomic E-state index is 12.0. The molecule has 0 bridgehead atoms. The summed E-state index contributed by atoms with van der Waals surface area (Å²) < 4.78 is 15.6. The zero-order chi connectivity index (χ0) is 18.1. The Balaban J connectivity index is 1.82. The molecule has 1 N–H and O–H groups in total. The first-order valence-electron chi connectivity index (χ1n) is 8.19. The Morgan fingerprint density at radius 2 is 2.04 bits per heavy atom. The summed E-state index contributed by atoms with van der Waals surface area (Å²) >= 11 is 0. The molecule has 2 aromatic carbocycles. The van der Waals surface area contributed by atoms with E-state index in [2.05, 4.69) is 4.98 Å². The average Bonchev–Trinajstić information content (AvgIpc) is 3.12. The molecule has 2 heterocycles. The molecule has 0 aliphatic carbocycles. The third kappa shape index (κ3) is 2.90. The third-order valence-electron chi connectivity index (χ3n) is 4.53. The van der Waals surface area contributed by atoms with Crippen LogP contribution < -0.4 is 9.47 Å². The van der Waals surface area contributed by atoms with Crippen LogP contribution >= 0.6 is 0 Å². The fourth-order valence-electron chi connectivity index (χ4n) is 3.19. The molecule has 6 nitrogen and oxygen atoms in total. The van der Waals surface area contributed by atoms with Crippen LogP contribution in [0.1, 0.15) is 23.5 Å². The lowest BCUT2D eigenvalue weighted by Crippen LogP contribution is -2.10. The maximum atomic E-state index is 12.0. The van der Waals surface area contributed by atoms with E-state index in [1.165, 1.54) is 13.2 Å². The molecule has 1 aliphatic heterocycles. The number of aromatic hydroxyl groups is 1. The zero-order valence-electron chi connectivity index (χ0n) is 14.1. The van der Waals surface area contributed by atoms with Crippen molar-refractivity contribution in [3.63, 3.8) is 0 Å². The number of methoxy groups -OCH3 is 1. The van der Waals surface area contributed by atoms with Crippen LogP contribution in [-0.2, 0) is 9.53 Å². The number of hydrogen-bond acceptors (Lipinski definition) is 6. The Kier molecular flexibility index (Phi) is 4.08. The van der Waals surface area contributed by atoms with Gasteiger partial charge in [-0.3, -0.25) is 9.78 Å². The van der Waals surface area contributed by atoms with E-state index < -0.39 is 0 Å². The van der Waals surface area contributed by atoms with E-state index in [4.69, 9.17) is 14.2 Å². The summed E-state index contributed by atoms with van der Waals surface area (Å²) in [5.74, 6) is 0.343. The second-order valence-corrected chi connectivity index (χ2v) is 6.05. The smallest absolute Gasteiger partial charge is 0.306 e. The molecule has 26 heavy (non-hydrogen) atoms. The summed E-state index contributed by atoms with van der Waals surface area (Å²) in [6.07, 6.45) is 1.83. The number of carbonyl (C=O) groups is 1. The molecule has 4 rings (SSSR count). The van der Waals surface area contributed by atoms with Crippen LogP contribution in [0.15, 0.2) is 48.7 Å². The highest BCUT2D eigenvalue weighted by Gasteiger charge is 2.26. The zero-order valence-corrected chi connectivity index (χ0v) is 14.1. The van der Waals surface area contributed by atoms with Crippen LogP contribution in [0.25, 0.3) is 10.9 Å². The first-order valence-corrected chi connectivity index (χ1v) is 8.19. The number of phenolic OH excluding ortho intramolecular Hbond substituents is 1. The van der Waals surface area contributed by atoms with Crippen LogP contribution in [0.5, 0.6) is 17.2 Å². The van der Waals surface area contributed by atoms with Crippen molar-refractivity contribution in [3.05, 3.63) is 59.8 Å². The summed E-state index contributed by atoms with van der Waals surface area (Å²) in [5, 5.41) is 11.5. The Hall–Kier alpha value is -3.28. The Labute approximate surface area is 150 Å². The summed E-state index contributed by atoms with van der Waals surface area (Å²) in [5.41, 5.74) is 2.33. The minimum atomic E-state index is -0.387. The van der Waals surface area contributed by atoms with Gasteiger partial charge in [0.2, 0.25) is 6.79 Å². The number of aromatic nitrogens is 1. The molecule has 3 aromatic rings. The molecule has 0 fully saturated rings. The molecule has 6 heteroatoms. The molecule has 1 aliphatic rings. The van der Waals surface area contributed by atoms with Crippen molar-refractivity contribution in [3.8, 4) is 17.2 Å². The van der Waals surface area contributed by atoms with Gasteiger partial charge in [-0.2, -0.15) is 0 Å². The Morgan fingerprint density at radius 1 is 1.23 bits per heavy atom. The van der Waals surface area contributed by atoms with Gasteiger partial charge in [0.15, 0.2) is 11.5 Å². The van der Waals surface area contributed by atoms with Crippen LogP contribution in [-0.4, -0.2) is 30.0 Å². The number of ether oxygens (including phenoxy) is 3. The number of carbonyl (C=O) groups excluding carboxylic acids is 1. The lowest BCUT2D eigenvalue weighted by atomic mass is 9.87. The summed E-state index contributed by atoms with van der Waals surface area (Å²) in [7, 11) is 1.35. The second kappa shape index (κ2) is 6.55. The number of esters is 1. The minimum Gasteiger partial charge on any atom is -0.508 e. The van der Waals surface area contributed by atoms with Gasteiger partial charge >= 0.3 is 5.97 Å². The van der Waals surface area contributed by atoms with E-state index in [-0.39, 0.29) is 30.9 Å². The van der Waals surface area contributed by atoms with Crippen molar-refractivity contribution in [2.45, 2.75) is 12.3 Å². The highest BCUT2D eigenvalue weighted by molar-refractivity contribution is 5.80. The third-order valence-corrected chi connectivity index (χ3v) is 4.53. The van der Waals surface area contributed by atoms with Gasteiger partial charge in [-0.25, -0.2) is 0 Å². The van der Waals surface area contributed by atoms with E-state index in [1.807, 2.05) is 30.3 Å². The van der Waals surface area contributed by atoms with E-state index in [0.717, 1.165) is 16.5 Å². The van der Waals surface area contributed by atoms with Gasteiger partial charge in [-0.1, -0.05) is 12.1 Å². The number of rotatable bonds is 4. The Morgan fingerprint density at radius 3 is 2.85 bits per heavy atom. The lowest BCUT2D eigenvalue weighted by molar-refractivity contribution is -0.140. The molecule has 0 amide bonds. The number of phenols is 1. The molecule has 0 unspecified atom stereocenters. The van der Waals surface area contributed by atoms with Crippen LogP contribution in [0.2, 0.25) is 0 Å². The highest BCUT2D eigenvalue weighted by atomic mass is 16.7. The molecule has 0 radical (unpaired) electrons. The van der Waals surface area contributed by atoms with Crippen LogP contribution in [0.3, 0.4) is 0 Å². The molecular weight excluding hydrogens is 334 g/mol. The quantitative estimate of drug-likeness (QED) is 0.726. The predicted octanol–water partition coefficient (Wildman–Crippen LogP) is 3.36.